The molecule has 2 N–H and O–H groups in total. The molecule has 1 atom stereocenters. The molecule has 1 aliphatic rings. The highest BCUT2D eigenvalue weighted by Crippen LogP contribution is 2.15. The van der Waals surface area contributed by atoms with Crippen LogP contribution in [0.3, 0.4) is 0 Å². The molecular formula is C17H30Cl2N4O. The maximum absolute atomic E-state index is 11.8. The van der Waals surface area contributed by atoms with E-state index in [0.29, 0.717) is 19.0 Å². The Balaban J connectivity index is 0.00000264. The van der Waals surface area contributed by atoms with Crippen LogP contribution in [0.15, 0.2) is 30.3 Å². The van der Waals surface area contributed by atoms with Crippen molar-refractivity contribution in [3.63, 3.8) is 0 Å². The summed E-state index contributed by atoms with van der Waals surface area (Å²) < 4.78 is 0. The fourth-order valence-electron chi connectivity index (χ4n) is 2.59. The molecule has 1 fully saturated rings. The smallest absolute Gasteiger partial charge is 0.221 e. The van der Waals surface area contributed by atoms with Gasteiger partial charge in [-0.1, -0.05) is 18.2 Å². The molecule has 0 aromatic heterocycles. The van der Waals surface area contributed by atoms with Gasteiger partial charge in [-0.3, -0.25) is 9.69 Å². The molecule has 0 aliphatic carbocycles. The molecule has 1 saturated heterocycles. The van der Waals surface area contributed by atoms with Gasteiger partial charge >= 0.3 is 0 Å². The van der Waals surface area contributed by atoms with Crippen LogP contribution in [0.25, 0.3) is 0 Å². The van der Waals surface area contributed by atoms with Crippen LogP contribution in [-0.4, -0.2) is 63.2 Å². The summed E-state index contributed by atoms with van der Waals surface area (Å²) in [7, 11) is 1.91. The number of anilines is 1. The lowest BCUT2D eigenvalue weighted by molar-refractivity contribution is -0.121. The van der Waals surface area contributed by atoms with E-state index in [9.17, 15) is 4.79 Å². The second-order valence-corrected chi connectivity index (χ2v) is 5.91. The molecule has 5 nitrogen and oxygen atoms in total. The lowest BCUT2D eigenvalue weighted by Crippen LogP contribution is -2.47. The number of carbonyl (C=O) groups is 1. The zero-order valence-electron chi connectivity index (χ0n) is 14.5. The normalized spacial score (nSPS) is 15.8. The zero-order valence-corrected chi connectivity index (χ0v) is 16.2. The highest BCUT2D eigenvalue weighted by molar-refractivity contribution is 5.85. The van der Waals surface area contributed by atoms with Gasteiger partial charge in [-0.25, -0.2) is 0 Å². The van der Waals surface area contributed by atoms with Crippen molar-refractivity contribution >= 4 is 36.4 Å². The first-order chi connectivity index (χ1) is 10.7. The summed E-state index contributed by atoms with van der Waals surface area (Å²) in [6.07, 6.45) is 0.585. The predicted molar refractivity (Wildman–Crippen MR) is 106 cm³/mol. The van der Waals surface area contributed by atoms with Crippen LogP contribution in [0.1, 0.15) is 13.3 Å². The zero-order chi connectivity index (χ0) is 15.8. The van der Waals surface area contributed by atoms with Gasteiger partial charge in [0.25, 0.3) is 0 Å². The van der Waals surface area contributed by atoms with Crippen LogP contribution in [0.2, 0.25) is 0 Å². The first-order valence-corrected chi connectivity index (χ1v) is 8.15. The minimum absolute atomic E-state index is 0. The van der Waals surface area contributed by atoms with Crippen molar-refractivity contribution in [1.82, 2.24) is 15.5 Å². The molecule has 0 radical (unpaired) electrons. The number of halogens is 2. The molecule has 1 amide bonds. The first-order valence-electron chi connectivity index (χ1n) is 8.15. The fourth-order valence-corrected chi connectivity index (χ4v) is 2.59. The molecule has 138 valence electrons. The van der Waals surface area contributed by atoms with E-state index in [-0.39, 0.29) is 30.7 Å². The van der Waals surface area contributed by atoms with Gasteiger partial charge in [0.2, 0.25) is 5.91 Å². The minimum Gasteiger partial charge on any atom is -0.369 e. The van der Waals surface area contributed by atoms with E-state index in [1.54, 1.807) is 0 Å². The van der Waals surface area contributed by atoms with E-state index >= 15 is 0 Å². The minimum atomic E-state index is 0. The van der Waals surface area contributed by atoms with Crippen LogP contribution in [0.4, 0.5) is 5.69 Å². The molecular weight excluding hydrogens is 347 g/mol. The van der Waals surface area contributed by atoms with Gasteiger partial charge in [-0.2, -0.15) is 0 Å². The Kier molecular flexibility index (Phi) is 11.8. The number of para-hydroxylation sites is 1. The molecule has 1 aliphatic heterocycles. The Morgan fingerprint density at radius 3 is 2.33 bits per heavy atom. The molecule has 0 saturated carbocycles. The van der Waals surface area contributed by atoms with Crippen LogP contribution in [-0.2, 0) is 4.79 Å². The standard InChI is InChI=1S/C17H28N4O.2ClH/c1-15(18-2)14-19-17(22)8-9-20-10-12-21(13-11-20)16-6-4-3-5-7-16;;/h3-7,15,18H,8-14H2,1-2H3,(H,19,22);2*1H. The van der Waals surface area contributed by atoms with Crippen molar-refractivity contribution in [2.45, 2.75) is 19.4 Å². The Morgan fingerprint density at radius 2 is 1.75 bits per heavy atom. The highest BCUT2D eigenvalue weighted by atomic mass is 35.5. The summed E-state index contributed by atoms with van der Waals surface area (Å²) in [6.45, 7) is 7.71. The highest BCUT2D eigenvalue weighted by Gasteiger charge is 2.17. The van der Waals surface area contributed by atoms with Gasteiger partial charge in [0.1, 0.15) is 0 Å². The van der Waals surface area contributed by atoms with E-state index in [1.807, 2.05) is 13.1 Å². The number of nitrogens with zero attached hydrogens (tertiary/aromatic N) is 2. The number of carbonyl (C=O) groups excluding carboxylic acids is 1. The average Bonchev–Trinajstić information content (AvgIpc) is 2.59. The van der Waals surface area contributed by atoms with Crippen molar-refractivity contribution in [3.8, 4) is 0 Å². The SMILES string of the molecule is CNC(C)CNC(=O)CCN1CCN(c2ccccc2)CC1.Cl.Cl. The average molecular weight is 377 g/mol. The van der Waals surface area contributed by atoms with Crippen LogP contribution < -0.4 is 15.5 Å². The summed E-state index contributed by atoms with van der Waals surface area (Å²) in [4.78, 5) is 16.6. The number of hydrogen-bond donors (Lipinski definition) is 2. The van der Waals surface area contributed by atoms with Gasteiger partial charge < -0.3 is 15.5 Å². The van der Waals surface area contributed by atoms with E-state index in [2.05, 4.69) is 51.6 Å². The second kappa shape index (κ2) is 12.4. The number of likely N-dealkylation sites (N-methyl/N-ethyl adjacent to an activating group) is 1. The Bertz CT molecular complexity index is 453. The Hall–Kier alpha value is -1.01. The molecule has 1 aromatic carbocycles. The van der Waals surface area contributed by atoms with E-state index in [4.69, 9.17) is 0 Å². The van der Waals surface area contributed by atoms with E-state index < -0.39 is 0 Å². The van der Waals surface area contributed by atoms with Crippen molar-refractivity contribution in [1.29, 1.82) is 0 Å². The van der Waals surface area contributed by atoms with Crippen LogP contribution >= 0.6 is 24.8 Å². The molecule has 0 bridgehead atoms. The van der Waals surface area contributed by atoms with Crippen LogP contribution in [0.5, 0.6) is 0 Å². The van der Waals surface area contributed by atoms with Crippen LogP contribution in [0, 0.1) is 0 Å². The third-order valence-electron chi connectivity index (χ3n) is 4.25. The van der Waals surface area contributed by atoms with Gasteiger partial charge in [-0.05, 0) is 26.1 Å². The molecule has 1 unspecified atom stereocenters. The number of nitrogens with one attached hydrogen (secondary N) is 2. The topological polar surface area (TPSA) is 47.6 Å². The van der Waals surface area contributed by atoms with Crippen molar-refractivity contribution in [2.24, 2.45) is 0 Å². The van der Waals surface area contributed by atoms with E-state index in [1.165, 1.54) is 5.69 Å². The molecule has 2 rings (SSSR count). The number of benzene rings is 1. The van der Waals surface area contributed by atoms with Gasteiger partial charge in [0.15, 0.2) is 0 Å². The number of piperazine rings is 1. The molecule has 0 spiro atoms. The summed E-state index contributed by atoms with van der Waals surface area (Å²) in [5.74, 6) is 0.146. The van der Waals surface area contributed by atoms with Gasteiger partial charge in [-0.15, -0.1) is 24.8 Å². The largest absolute Gasteiger partial charge is 0.369 e. The molecule has 1 heterocycles. The second-order valence-electron chi connectivity index (χ2n) is 5.91. The Labute approximate surface area is 158 Å². The number of amides is 1. The lowest BCUT2D eigenvalue weighted by Gasteiger charge is -2.36. The maximum Gasteiger partial charge on any atom is 0.221 e. The quantitative estimate of drug-likeness (QED) is 0.761. The molecule has 24 heavy (non-hydrogen) atoms. The maximum atomic E-state index is 11.8. The lowest BCUT2D eigenvalue weighted by atomic mass is 10.2. The van der Waals surface area contributed by atoms with E-state index in [0.717, 1.165) is 32.7 Å². The first kappa shape index (κ1) is 23.0. The monoisotopic (exact) mass is 376 g/mol. The third-order valence-corrected chi connectivity index (χ3v) is 4.25. The van der Waals surface area contributed by atoms with Crippen molar-refractivity contribution in [2.75, 3.05) is 51.2 Å². The van der Waals surface area contributed by atoms with Crippen molar-refractivity contribution in [3.05, 3.63) is 30.3 Å². The van der Waals surface area contributed by atoms with Crippen molar-refractivity contribution < 1.29 is 4.79 Å². The summed E-state index contributed by atoms with van der Waals surface area (Å²) in [5.41, 5.74) is 1.29. The van der Waals surface area contributed by atoms with Gasteiger partial charge in [0.05, 0.1) is 0 Å². The third kappa shape index (κ3) is 7.71. The summed E-state index contributed by atoms with van der Waals surface area (Å²) in [5, 5.41) is 6.08. The number of rotatable bonds is 7. The molecule has 1 aromatic rings. The predicted octanol–water partition coefficient (Wildman–Crippen LogP) is 1.77. The molecule has 7 heteroatoms. The Morgan fingerprint density at radius 1 is 1.12 bits per heavy atom. The number of hydrogen-bond acceptors (Lipinski definition) is 4. The summed E-state index contributed by atoms with van der Waals surface area (Å²) in [6, 6.07) is 10.8. The fraction of sp³-hybridized carbons (Fsp3) is 0.588. The van der Waals surface area contributed by atoms with Gasteiger partial charge in [0, 0.05) is 57.4 Å². The summed E-state index contributed by atoms with van der Waals surface area (Å²) >= 11 is 0.